The second-order valence-corrected chi connectivity index (χ2v) is 7.59. The number of nitrogens with one attached hydrogen (secondary N) is 1. The maximum absolute atomic E-state index is 13.9. The van der Waals surface area contributed by atoms with Crippen LogP contribution >= 0.6 is 0 Å². The Morgan fingerprint density at radius 3 is 2.69 bits per heavy atom. The molecule has 1 aromatic carbocycles. The summed E-state index contributed by atoms with van der Waals surface area (Å²) < 4.78 is 11.4. The first-order valence-electron chi connectivity index (χ1n) is 10.6. The highest BCUT2D eigenvalue weighted by Gasteiger charge is 2.23. The zero-order chi connectivity index (χ0) is 25.2. The van der Waals surface area contributed by atoms with Crippen molar-refractivity contribution in [1.29, 1.82) is 5.26 Å². The second-order valence-electron chi connectivity index (χ2n) is 7.59. The highest BCUT2D eigenvalue weighted by atomic mass is 16.5. The second kappa shape index (κ2) is 9.11. The van der Waals surface area contributed by atoms with Gasteiger partial charge in [0.15, 0.2) is 5.82 Å². The molecule has 13 nitrogen and oxygen atoms in total. The number of hydrogen-bond acceptors (Lipinski definition) is 12. The number of rotatable bonds is 6. The van der Waals surface area contributed by atoms with Gasteiger partial charge in [0.25, 0.3) is 5.56 Å². The van der Waals surface area contributed by atoms with Crippen molar-refractivity contribution in [2.24, 2.45) is 0 Å². The van der Waals surface area contributed by atoms with Crippen molar-refractivity contribution in [1.82, 2.24) is 34.6 Å². The number of aromatic nitrogens is 7. The Labute approximate surface area is 203 Å². The molecule has 0 saturated carbocycles. The molecule has 13 heteroatoms. The lowest BCUT2D eigenvalue weighted by Gasteiger charge is -2.20. The van der Waals surface area contributed by atoms with E-state index in [0.717, 1.165) is 0 Å². The molecule has 0 aliphatic carbocycles. The van der Waals surface area contributed by atoms with E-state index in [1.54, 1.807) is 43.6 Å². The minimum absolute atomic E-state index is 0.0360. The average molecular weight is 482 g/mol. The maximum Gasteiger partial charge on any atom is 0.316 e. The summed E-state index contributed by atoms with van der Waals surface area (Å²) in [6.07, 6.45) is 5.74. The molecule has 0 radical (unpaired) electrons. The molecular formula is C23H18N10O3. The molecule has 3 N–H and O–H groups in total. The lowest BCUT2D eigenvalue weighted by molar-refractivity contribution is 0.380. The third kappa shape index (κ3) is 3.82. The van der Waals surface area contributed by atoms with E-state index in [2.05, 4.69) is 30.4 Å². The van der Waals surface area contributed by atoms with Gasteiger partial charge in [0.1, 0.15) is 41.7 Å². The molecule has 0 fully saturated rings. The molecule has 0 bridgehead atoms. The molecule has 1 atom stereocenters. The number of methoxy groups -OCH3 is 1. The number of hydrogen-bond donors (Lipinski definition) is 2. The fraction of sp³-hybridized carbons (Fsp3) is 0.130. The number of benzene rings is 1. The summed E-state index contributed by atoms with van der Waals surface area (Å²) in [7, 11) is 1.47. The lowest BCUT2D eigenvalue weighted by atomic mass is 10.0. The van der Waals surface area contributed by atoms with Crippen molar-refractivity contribution in [3.63, 3.8) is 0 Å². The predicted octanol–water partition coefficient (Wildman–Crippen LogP) is 2.26. The van der Waals surface area contributed by atoms with Crippen LogP contribution in [0.25, 0.3) is 27.8 Å². The van der Waals surface area contributed by atoms with Gasteiger partial charge in [0.05, 0.1) is 24.1 Å². The first-order valence-corrected chi connectivity index (χ1v) is 10.6. The highest BCUT2D eigenvalue weighted by Crippen LogP contribution is 2.28. The Morgan fingerprint density at radius 1 is 1.19 bits per heavy atom. The van der Waals surface area contributed by atoms with E-state index in [1.807, 2.05) is 6.07 Å². The third-order valence-electron chi connectivity index (χ3n) is 5.43. The van der Waals surface area contributed by atoms with Crippen LogP contribution in [0.1, 0.15) is 24.4 Å². The Morgan fingerprint density at radius 2 is 2.00 bits per heavy atom. The predicted molar refractivity (Wildman–Crippen MR) is 128 cm³/mol. The van der Waals surface area contributed by atoms with E-state index < -0.39 is 6.04 Å². The number of nitrogens with two attached hydrogens (primary N) is 1. The topological polar surface area (TPSA) is 184 Å². The molecule has 5 rings (SSSR count). The van der Waals surface area contributed by atoms with Crippen LogP contribution < -0.4 is 21.3 Å². The van der Waals surface area contributed by atoms with Crippen LogP contribution in [0.3, 0.4) is 0 Å². The van der Waals surface area contributed by atoms with Gasteiger partial charge >= 0.3 is 6.01 Å². The molecule has 4 heterocycles. The van der Waals surface area contributed by atoms with E-state index >= 15 is 0 Å². The summed E-state index contributed by atoms with van der Waals surface area (Å²) in [5.41, 5.74) is 7.17. The summed E-state index contributed by atoms with van der Waals surface area (Å²) in [6.45, 7) is 1.77. The Hall–Kier alpha value is -5.38. The summed E-state index contributed by atoms with van der Waals surface area (Å²) >= 11 is 0. The van der Waals surface area contributed by atoms with Crippen LogP contribution in [0.15, 0.2) is 58.6 Å². The van der Waals surface area contributed by atoms with Crippen LogP contribution in [-0.2, 0) is 0 Å². The Bertz CT molecular complexity index is 1660. The standard InChI is InChI=1S/C23H18N10O3/c1-12(30-20-15(8-24)19(25)28-11-29-20)21-31-16-5-3-4-14(13-9-26-23(35-2)27-10-13)18(16)22(34)33(21)17-6-7-36-32-17/h3-7,9-12H,1-2H3,(H3,25,28,29,30)/t12-/m1/s1. The van der Waals surface area contributed by atoms with Gasteiger partial charge in [-0.25, -0.2) is 29.5 Å². The van der Waals surface area contributed by atoms with Gasteiger partial charge in [-0.2, -0.15) is 5.26 Å². The monoisotopic (exact) mass is 482 g/mol. The number of nitriles is 1. The van der Waals surface area contributed by atoms with E-state index in [9.17, 15) is 10.1 Å². The van der Waals surface area contributed by atoms with Gasteiger partial charge in [-0.3, -0.25) is 4.79 Å². The molecule has 0 unspecified atom stereocenters. The maximum atomic E-state index is 13.9. The van der Waals surface area contributed by atoms with Crippen LogP contribution in [-0.4, -0.2) is 41.8 Å². The van der Waals surface area contributed by atoms with E-state index in [1.165, 1.54) is 24.3 Å². The normalized spacial score (nSPS) is 11.7. The zero-order valence-electron chi connectivity index (χ0n) is 19.1. The van der Waals surface area contributed by atoms with Crippen molar-refractivity contribution < 1.29 is 9.26 Å². The number of fused-ring (bicyclic) bond motifs is 1. The van der Waals surface area contributed by atoms with Gasteiger partial charge < -0.3 is 20.3 Å². The molecule has 0 amide bonds. The number of nitrogen functional groups attached to an aromatic ring is 1. The SMILES string of the molecule is COc1ncc(-c2cccc3nc([C@@H](C)Nc4ncnc(N)c4C#N)n(-c4ccon4)c(=O)c23)cn1. The minimum Gasteiger partial charge on any atom is -0.467 e. The molecule has 0 aliphatic heterocycles. The summed E-state index contributed by atoms with van der Waals surface area (Å²) in [5.74, 6) is 0.795. The molecule has 0 spiro atoms. The van der Waals surface area contributed by atoms with Crippen molar-refractivity contribution >= 4 is 22.5 Å². The van der Waals surface area contributed by atoms with Gasteiger partial charge in [-0.15, -0.1) is 0 Å². The van der Waals surface area contributed by atoms with Crippen LogP contribution in [0, 0.1) is 11.3 Å². The van der Waals surface area contributed by atoms with Crippen molar-refractivity contribution in [3.8, 4) is 29.0 Å². The van der Waals surface area contributed by atoms with Crippen LogP contribution in [0.2, 0.25) is 0 Å². The quantitative estimate of drug-likeness (QED) is 0.360. The molecule has 5 aromatic rings. The number of anilines is 2. The van der Waals surface area contributed by atoms with Crippen LogP contribution in [0.4, 0.5) is 11.6 Å². The van der Waals surface area contributed by atoms with Gasteiger partial charge in [0, 0.05) is 24.0 Å². The highest BCUT2D eigenvalue weighted by molar-refractivity contribution is 5.94. The number of nitrogens with zero attached hydrogens (tertiary/aromatic N) is 8. The minimum atomic E-state index is -0.604. The first-order chi connectivity index (χ1) is 17.5. The van der Waals surface area contributed by atoms with Crippen molar-refractivity contribution in [3.05, 3.63) is 71.0 Å². The average Bonchev–Trinajstić information content (AvgIpc) is 3.43. The van der Waals surface area contributed by atoms with Gasteiger partial charge in [-0.05, 0) is 18.6 Å². The van der Waals surface area contributed by atoms with E-state index in [-0.39, 0.29) is 34.6 Å². The molecule has 0 aliphatic rings. The van der Waals surface area contributed by atoms with E-state index in [4.69, 9.17) is 20.0 Å². The van der Waals surface area contributed by atoms with Crippen molar-refractivity contribution in [2.45, 2.75) is 13.0 Å². The van der Waals surface area contributed by atoms with Crippen molar-refractivity contribution in [2.75, 3.05) is 18.2 Å². The molecular weight excluding hydrogens is 464 g/mol. The Kier molecular flexibility index (Phi) is 5.67. The largest absolute Gasteiger partial charge is 0.467 e. The van der Waals surface area contributed by atoms with Gasteiger partial charge in [0.2, 0.25) is 0 Å². The fourth-order valence-corrected chi connectivity index (χ4v) is 3.77. The van der Waals surface area contributed by atoms with Gasteiger partial charge in [-0.1, -0.05) is 17.3 Å². The summed E-state index contributed by atoms with van der Waals surface area (Å²) in [5, 5.41) is 16.9. The molecule has 4 aromatic heterocycles. The third-order valence-corrected chi connectivity index (χ3v) is 5.43. The zero-order valence-corrected chi connectivity index (χ0v) is 19.1. The van der Waals surface area contributed by atoms with E-state index in [0.29, 0.717) is 27.9 Å². The van der Waals surface area contributed by atoms with Crippen LogP contribution in [0.5, 0.6) is 6.01 Å². The summed E-state index contributed by atoms with van der Waals surface area (Å²) in [6, 6.07) is 8.45. The smallest absolute Gasteiger partial charge is 0.316 e. The lowest BCUT2D eigenvalue weighted by Crippen LogP contribution is -2.28. The first kappa shape index (κ1) is 22.4. The Balaban J connectivity index is 1.71. The fourth-order valence-electron chi connectivity index (χ4n) is 3.77. The molecule has 178 valence electrons. The molecule has 36 heavy (non-hydrogen) atoms. The number of ether oxygens (including phenoxy) is 1. The summed E-state index contributed by atoms with van der Waals surface area (Å²) in [4.78, 5) is 35.0. The molecule has 0 saturated heterocycles.